The molecule has 3 amide bonds. The van der Waals surface area contributed by atoms with Crippen LogP contribution < -0.4 is 11.1 Å². The third-order valence-corrected chi connectivity index (χ3v) is 5.34. The number of urea groups is 1. The molecular weight excluding hydrogens is 325 g/mol. The van der Waals surface area contributed by atoms with Crippen molar-refractivity contribution in [2.24, 2.45) is 11.7 Å². The zero-order chi connectivity index (χ0) is 17.9. The number of nitrogens with two attached hydrogens (primary N) is 1. The van der Waals surface area contributed by atoms with Crippen LogP contribution in [-0.2, 0) is 14.9 Å². The number of amides is 3. The Balaban J connectivity index is 1.67. The maximum Gasteiger partial charge on any atom is 0.317 e. The quantitative estimate of drug-likeness (QED) is 0.861. The molecule has 3 N–H and O–H groups in total. The van der Waals surface area contributed by atoms with E-state index in [9.17, 15) is 14.0 Å². The third kappa shape index (κ3) is 3.92. The molecule has 0 saturated carbocycles. The molecule has 2 aliphatic rings. The van der Waals surface area contributed by atoms with Gasteiger partial charge in [-0.05, 0) is 37.0 Å². The largest absolute Gasteiger partial charge is 0.381 e. The number of halogens is 1. The second-order valence-electron chi connectivity index (χ2n) is 6.90. The van der Waals surface area contributed by atoms with Crippen LogP contribution in [0.5, 0.6) is 0 Å². The summed E-state index contributed by atoms with van der Waals surface area (Å²) in [5.41, 5.74) is 5.86. The Hall–Kier alpha value is -2.15. The molecule has 1 aromatic rings. The molecule has 2 heterocycles. The van der Waals surface area contributed by atoms with Gasteiger partial charge in [0.25, 0.3) is 0 Å². The van der Waals surface area contributed by atoms with E-state index in [1.54, 1.807) is 11.0 Å². The van der Waals surface area contributed by atoms with Crippen molar-refractivity contribution in [3.05, 3.63) is 35.6 Å². The highest BCUT2D eigenvalue weighted by atomic mass is 19.1. The van der Waals surface area contributed by atoms with Crippen molar-refractivity contribution >= 4 is 11.9 Å². The molecule has 6 nitrogen and oxygen atoms in total. The minimum atomic E-state index is -0.365. The molecular formula is C18H24FN3O3. The van der Waals surface area contributed by atoms with E-state index in [4.69, 9.17) is 10.5 Å². The summed E-state index contributed by atoms with van der Waals surface area (Å²) in [5.74, 6) is -0.916. The summed E-state index contributed by atoms with van der Waals surface area (Å²) < 4.78 is 19.1. The van der Waals surface area contributed by atoms with Gasteiger partial charge in [-0.25, -0.2) is 9.18 Å². The van der Waals surface area contributed by atoms with Crippen LogP contribution in [0.15, 0.2) is 24.3 Å². The average molecular weight is 349 g/mol. The number of nitrogens with one attached hydrogen (secondary N) is 1. The first kappa shape index (κ1) is 17.7. The number of benzene rings is 1. The summed E-state index contributed by atoms with van der Waals surface area (Å²) >= 11 is 0. The molecule has 1 atom stereocenters. The van der Waals surface area contributed by atoms with Crippen molar-refractivity contribution in [3.8, 4) is 0 Å². The van der Waals surface area contributed by atoms with Crippen molar-refractivity contribution in [2.45, 2.75) is 24.7 Å². The van der Waals surface area contributed by atoms with Crippen LogP contribution >= 0.6 is 0 Å². The van der Waals surface area contributed by atoms with E-state index in [2.05, 4.69) is 5.32 Å². The molecule has 0 aromatic heterocycles. The molecule has 7 heteroatoms. The molecule has 0 radical (unpaired) electrons. The Labute approximate surface area is 146 Å². The Morgan fingerprint density at radius 2 is 2.12 bits per heavy atom. The van der Waals surface area contributed by atoms with Gasteiger partial charge in [-0.2, -0.15) is 0 Å². The molecule has 2 fully saturated rings. The van der Waals surface area contributed by atoms with Gasteiger partial charge in [0.05, 0.1) is 5.92 Å². The Kier molecular flexibility index (Phi) is 5.22. The fourth-order valence-electron chi connectivity index (χ4n) is 3.68. The second kappa shape index (κ2) is 7.39. The summed E-state index contributed by atoms with van der Waals surface area (Å²) in [4.78, 5) is 25.3. The number of hydrogen-bond acceptors (Lipinski definition) is 3. The van der Waals surface area contributed by atoms with Gasteiger partial charge in [0.2, 0.25) is 5.91 Å². The lowest BCUT2D eigenvalue weighted by atomic mass is 9.74. The fraction of sp³-hybridized carbons (Fsp3) is 0.556. The number of hydrogen-bond donors (Lipinski definition) is 2. The molecule has 1 aromatic carbocycles. The molecule has 0 bridgehead atoms. The maximum absolute atomic E-state index is 13.7. The first-order valence-corrected chi connectivity index (χ1v) is 8.66. The molecule has 136 valence electrons. The molecule has 0 spiro atoms. The highest BCUT2D eigenvalue weighted by molar-refractivity contribution is 5.80. The predicted molar refractivity (Wildman–Crippen MR) is 90.4 cm³/mol. The zero-order valence-corrected chi connectivity index (χ0v) is 14.2. The van der Waals surface area contributed by atoms with Crippen LogP contribution in [-0.4, -0.2) is 49.7 Å². The topological polar surface area (TPSA) is 84.7 Å². The minimum Gasteiger partial charge on any atom is -0.381 e. The van der Waals surface area contributed by atoms with E-state index in [1.807, 2.05) is 6.07 Å². The van der Waals surface area contributed by atoms with Crippen molar-refractivity contribution in [1.29, 1.82) is 0 Å². The molecule has 2 aliphatic heterocycles. The smallest absolute Gasteiger partial charge is 0.317 e. The van der Waals surface area contributed by atoms with E-state index in [0.717, 1.165) is 18.4 Å². The van der Waals surface area contributed by atoms with Gasteiger partial charge < -0.3 is 20.7 Å². The molecule has 25 heavy (non-hydrogen) atoms. The van der Waals surface area contributed by atoms with Gasteiger partial charge in [0.1, 0.15) is 5.82 Å². The van der Waals surface area contributed by atoms with Gasteiger partial charge in [0.15, 0.2) is 0 Å². The molecule has 2 saturated heterocycles. The van der Waals surface area contributed by atoms with Gasteiger partial charge in [-0.15, -0.1) is 0 Å². The molecule has 0 aliphatic carbocycles. The Bertz CT molecular complexity index is 646. The van der Waals surface area contributed by atoms with E-state index >= 15 is 0 Å². The summed E-state index contributed by atoms with van der Waals surface area (Å²) in [7, 11) is 0. The normalized spacial score (nSPS) is 22.6. The van der Waals surface area contributed by atoms with Gasteiger partial charge in [0, 0.05) is 38.3 Å². The van der Waals surface area contributed by atoms with E-state index in [-0.39, 0.29) is 29.1 Å². The second-order valence-corrected chi connectivity index (χ2v) is 6.90. The number of primary amides is 1. The van der Waals surface area contributed by atoms with Crippen LogP contribution in [0, 0.1) is 11.7 Å². The monoisotopic (exact) mass is 349 g/mol. The highest BCUT2D eigenvalue weighted by Crippen LogP contribution is 2.34. The number of likely N-dealkylation sites (tertiary alicyclic amines) is 1. The Morgan fingerprint density at radius 1 is 1.36 bits per heavy atom. The first-order chi connectivity index (χ1) is 12.0. The summed E-state index contributed by atoms with van der Waals surface area (Å²) in [6.45, 7) is 2.46. The highest BCUT2D eigenvalue weighted by Gasteiger charge is 2.36. The molecule has 1 unspecified atom stereocenters. The van der Waals surface area contributed by atoms with Crippen LogP contribution in [0.2, 0.25) is 0 Å². The summed E-state index contributed by atoms with van der Waals surface area (Å²) in [5, 5.41) is 2.97. The van der Waals surface area contributed by atoms with Crippen LogP contribution in [0.4, 0.5) is 9.18 Å². The van der Waals surface area contributed by atoms with Crippen molar-refractivity contribution < 1.29 is 18.7 Å². The van der Waals surface area contributed by atoms with Crippen molar-refractivity contribution in [2.75, 3.05) is 32.8 Å². The number of carbonyl (C=O) groups is 2. The van der Waals surface area contributed by atoms with E-state index < -0.39 is 0 Å². The lowest BCUT2D eigenvalue weighted by molar-refractivity contribution is -0.121. The number of rotatable bonds is 4. The van der Waals surface area contributed by atoms with Crippen LogP contribution in [0.25, 0.3) is 0 Å². The lowest BCUT2D eigenvalue weighted by Gasteiger charge is -2.38. The van der Waals surface area contributed by atoms with Gasteiger partial charge in [-0.3, -0.25) is 4.79 Å². The van der Waals surface area contributed by atoms with Crippen molar-refractivity contribution in [1.82, 2.24) is 10.2 Å². The molecule has 3 rings (SSSR count). The Morgan fingerprint density at radius 3 is 2.76 bits per heavy atom. The van der Waals surface area contributed by atoms with E-state index in [0.29, 0.717) is 39.3 Å². The van der Waals surface area contributed by atoms with Crippen LogP contribution in [0.3, 0.4) is 0 Å². The van der Waals surface area contributed by atoms with Crippen molar-refractivity contribution in [3.63, 3.8) is 0 Å². The standard InChI is InChI=1S/C18H24FN3O3/c19-15-3-1-2-14(10-15)18(5-8-25-9-6-18)12-21-17(24)22-7-4-13(11-22)16(20)23/h1-3,10,13H,4-9,11-12H2,(H2,20,23)(H,21,24). The SMILES string of the molecule is NC(=O)C1CCN(C(=O)NCC2(c3cccc(F)c3)CCOCC2)C1. The number of nitrogens with zero attached hydrogens (tertiary/aromatic N) is 1. The fourth-order valence-corrected chi connectivity index (χ4v) is 3.68. The third-order valence-electron chi connectivity index (χ3n) is 5.34. The number of ether oxygens (including phenoxy) is 1. The number of carbonyl (C=O) groups excluding carboxylic acids is 2. The first-order valence-electron chi connectivity index (χ1n) is 8.66. The average Bonchev–Trinajstić information content (AvgIpc) is 3.11. The lowest BCUT2D eigenvalue weighted by Crippen LogP contribution is -2.48. The zero-order valence-electron chi connectivity index (χ0n) is 14.2. The van der Waals surface area contributed by atoms with Gasteiger partial charge in [-0.1, -0.05) is 12.1 Å². The summed E-state index contributed by atoms with van der Waals surface area (Å²) in [6, 6.07) is 6.35. The maximum atomic E-state index is 13.7. The predicted octanol–water partition coefficient (Wildman–Crippen LogP) is 1.39. The minimum absolute atomic E-state index is 0.203. The van der Waals surface area contributed by atoms with Crippen LogP contribution in [0.1, 0.15) is 24.8 Å². The van der Waals surface area contributed by atoms with E-state index in [1.165, 1.54) is 12.1 Å². The van der Waals surface area contributed by atoms with Gasteiger partial charge >= 0.3 is 6.03 Å². The summed E-state index contributed by atoms with van der Waals surface area (Å²) in [6.07, 6.45) is 2.05.